The zero-order valence-electron chi connectivity index (χ0n) is 13.5. The summed E-state index contributed by atoms with van der Waals surface area (Å²) in [5.41, 5.74) is 8.57. The largest absolute Gasteiger partial charge is 0.492 e. The van der Waals surface area contributed by atoms with Crippen LogP contribution in [0.15, 0.2) is 30.5 Å². The monoisotopic (exact) mass is 316 g/mol. The van der Waals surface area contributed by atoms with Crippen molar-refractivity contribution >= 4 is 5.69 Å². The Morgan fingerprint density at radius 1 is 1.30 bits per heavy atom. The van der Waals surface area contributed by atoms with Gasteiger partial charge in [0.1, 0.15) is 12.4 Å². The second-order valence-electron chi connectivity index (χ2n) is 6.02. The molecule has 0 atom stereocenters. The summed E-state index contributed by atoms with van der Waals surface area (Å²) in [6.07, 6.45) is 3.33. The van der Waals surface area contributed by atoms with E-state index in [4.69, 9.17) is 10.5 Å². The number of nitrogen functional groups attached to an aromatic ring is 1. The molecular formula is C17H24N4O2. The summed E-state index contributed by atoms with van der Waals surface area (Å²) >= 11 is 0. The van der Waals surface area contributed by atoms with Crippen LogP contribution in [0.1, 0.15) is 12.8 Å². The zero-order chi connectivity index (χ0) is 16.2. The molecule has 3 N–H and O–H groups in total. The van der Waals surface area contributed by atoms with Crippen LogP contribution in [0.2, 0.25) is 0 Å². The summed E-state index contributed by atoms with van der Waals surface area (Å²) in [6.45, 7) is 3.34. The lowest BCUT2D eigenvalue weighted by atomic mass is 10.1. The average Bonchev–Trinajstić information content (AvgIpc) is 2.96. The van der Waals surface area contributed by atoms with Crippen LogP contribution in [-0.4, -0.2) is 52.1 Å². The van der Waals surface area contributed by atoms with Crippen LogP contribution in [0.4, 0.5) is 5.69 Å². The molecular weight excluding hydrogens is 292 g/mol. The van der Waals surface area contributed by atoms with Crippen LogP contribution < -0.4 is 10.5 Å². The van der Waals surface area contributed by atoms with Crippen LogP contribution in [0.3, 0.4) is 0 Å². The minimum absolute atomic E-state index is 0.138. The number of aromatic nitrogens is 2. The molecule has 0 spiro atoms. The molecule has 0 unspecified atom stereocenters. The number of benzene rings is 1. The van der Waals surface area contributed by atoms with Crippen LogP contribution in [0.25, 0.3) is 11.3 Å². The van der Waals surface area contributed by atoms with E-state index in [1.54, 1.807) is 6.20 Å². The molecule has 1 aromatic heterocycles. The summed E-state index contributed by atoms with van der Waals surface area (Å²) in [5, 5.41) is 13.8. The third kappa shape index (κ3) is 3.83. The molecule has 6 heteroatoms. The van der Waals surface area contributed by atoms with Gasteiger partial charge in [0.25, 0.3) is 0 Å². The molecule has 2 heterocycles. The van der Waals surface area contributed by atoms with Crippen molar-refractivity contribution in [3.63, 3.8) is 0 Å². The second-order valence-corrected chi connectivity index (χ2v) is 6.02. The van der Waals surface area contributed by atoms with Gasteiger partial charge >= 0.3 is 0 Å². The summed E-state index contributed by atoms with van der Waals surface area (Å²) in [6, 6.07) is 7.64. The van der Waals surface area contributed by atoms with Gasteiger partial charge in [0.15, 0.2) is 0 Å². The smallest absolute Gasteiger partial charge is 0.128 e. The fourth-order valence-electron chi connectivity index (χ4n) is 2.94. The molecule has 0 amide bonds. The molecule has 1 aliphatic heterocycles. The number of aliphatic hydroxyl groups is 1. The van der Waals surface area contributed by atoms with Crippen molar-refractivity contribution in [3.05, 3.63) is 30.5 Å². The summed E-state index contributed by atoms with van der Waals surface area (Å²) in [4.78, 5) is 2.33. The second kappa shape index (κ2) is 7.02. The van der Waals surface area contributed by atoms with Crippen molar-refractivity contribution in [1.82, 2.24) is 14.7 Å². The molecule has 1 aliphatic rings. The first-order chi connectivity index (χ1) is 11.1. The Labute approximate surface area is 136 Å². The van der Waals surface area contributed by atoms with Gasteiger partial charge in [-0.2, -0.15) is 5.10 Å². The topological polar surface area (TPSA) is 76.5 Å². The molecule has 124 valence electrons. The first kappa shape index (κ1) is 15.8. The van der Waals surface area contributed by atoms with Gasteiger partial charge in [-0.05, 0) is 37.1 Å². The minimum atomic E-state index is -0.138. The number of hydrogen-bond donors (Lipinski definition) is 2. The lowest BCUT2D eigenvalue weighted by Gasteiger charge is -2.29. The van der Waals surface area contributed by atoms with Crippen molar-refractivity contribution in [3.8, 4) is 17.0 Å². The van der Waals surface area contributed by atoms with Crippen molar-refractivity contribution in [2.24, 2.45) is 7.05 Å². The quantitative estimate of drug-likeness (QED) is 0.818. The highest BCUT2D eigenvalue weighted by Gasteiger charge is 2.17. The van der Waals surface area contributed by atoms with E-state index >= 15 is 0 Å². The van der Waals surface area contributed by atoms with E-state index in [1.165, 1.54) is 0 Å². The number of anilines is 1. The van der Waals surface area contributed by atoms with Crippen LogP contribution in [-0.2, 0) is 7.05 Å². The Morgan fingerprint density at radius 3 is 2.78 bits per heavy atom. The van der Waals surface area contributed by atoms with Gasteiger partial charge in [-0.1, -0.05) is 0 Å². The number of piperidine rings is 1. The van der Waals surface area contributed by atoms with Gasteiger partial charge < -0.3 is 15.6 Å². The van der Waals surface area contributed by atoms with Gasteiger partial charge in [-0.15, -0.1) is 0 Å². The van der Waals surface area contributed by atoms with Crippen molar-refractivity contribution < 1.29 is 9.84 Å². The molecule has 23 heavy (non-hydrogen) atoms. The van der Waals surface area contributed by atoms with Gasteiger partial charge in [0.2, 0.25) is 0 Å². The normalized spacial score (nSPS) is 16.6. The number of hydrogen-bond acceptors (Lipinski definition) is 5. The summed E-state index contributed by atoms with van der Waals surface area (Å²) in [7, 11) is 1.90. The SMILES string of the molecule is Cn1nccc1-c1cc(N)ccc1OCCN1CCC(O)CC1. The number of ether oxygens (including phenoxy) is 1. The highest BCUT2D eigenvalue weighted by atomic mass is 16.5. The molecule has 1 aromatic carbocycles. The maximum Gasteiger partial charge on any atom is 0.128 e. The fraction of sp³-hybridized carbons (Fsp3) is 0.471. The van der Waals surface area contributed by atoms with E-state index in [9.17, 15) is 5.11 Å². The highest BCUT2D eigenvalue weighted by molar-refractivity contribution is 5.71. The van der Waals surface area contributed by atoms with Crippen molar-refractivity contribution in [2.45, 2.75) is 18.9 Å². The maximum absolute atomic E-state index is 9.55. The number of nitrogens with zero attached hydrogens (tertiary/aromatic N) is 3. The molecule has 0 bridgehead atoms. The van der Waals surface area contributed by atoms with E-state index in [0.29, 0.717) is 12.3 Å². The third-order valence-electron chi connectivity index (χ3n) is 4.32. The van der Waals surface area contributed by atoms with E-state index < -0.39 is 0 Å². The predicted octanol–water partition coefficient (Wildman–Crippen LogP) is 1.50. The molecule has 2 aromatic rings. The Balaban J connectivity index is 1.65. The van der Waals surface area contributed by atoms with Gasteiger partial charge in [-0.25, -0.2) is 0 Å². The lowest BCUT2D eigenvalue weighted by Crippen LogP contribution is -2.38. The van der Waals surface area contributed by atoms with Gasteiger partial charge in [0.05, 0.1) is 11.8 Å². The van der Waals surface area contributed by atoms with E-state index in [1.807, 2.05) is 36.0 Å². The molecule has 6 nitrogen and oxygen atoms in total. The van der Waals surface area contributed by atoms with Gasteiger partial charge in [-0.3, -0.25) is 9.58 Å². The molecule has 1 fully saturated rings. The van der Waals surface area contributed by atoms with Crippen LogP contribution in [0, 0.1) is 0 Å². The first-order valence-corrected chi connectivity index (χ1v) is 8.04. The average molecular weight is 316 g/mol. The minimum Gasteiger partial charge on any atom is -0.492 e. The Hall–Kier alpha value is -2.05. The van der Waals surface area contributed by atoms with Crippen LogP contribution in [0.5, 0.6) is 5.75 Å². The number of nitrogens with two attached hydrogens (primary N) is 1. The summed E-state index contributed by atoms with van der Waals surface area (Å²) < 4.78 is 7.81. The Morgan fingerprint density at radius 2 is 2.09 bits per heavy atom. The van der Waals surface area contributed by atoms with Crippen LogP contribution >= 0.6 is 0 Å². The molecule has 3 rings (SSSR count). The molecule has 0 saturated carbocycles. The number of rotatable bonds is 5. The number of likely N-dealkylation sites (tertiary alicyclic amines) is 1. The summed E-state index contributed by atoms with van der Waals surface area (Å²) in [5.74, 6) is 0.819. The zero-order valence-corrected chi connectivity index (χ0v) is 13.5. The molecule has 0 radical (unpaired) electrons. The molecule has 1 saturated heterocycles. The highest BCUT2D eigenvalue weighted by Crippen LogP contribution is 2.31. The maximum atomic E-state index is 9.55. The Bertz CT molecular complexity index is 648. The lowest BCUT2D eigenvalue weighted by molar-refractivity contribution is 0.0755. The first-order valence-electron chi connectivity index (χ1n) is 8.04. The van der Waals surface area contributed by atoms with Crippen molar-refractivity contribution in [1.29, 1.82) is 0 Å². The van der Waals surface area contributed by atoms with Crippen molar-refractivity contribution in [2.75, 3.05) is 32.0 Å². The third-order valence-corrected chi connectivity index (χ3v) is 4.32. The fourth-order valence-corrected chi connectivity index (χ4v) is 2.94. The number of aryl methyl sites for hydroxylation is 1. The van der Waals surface area contributed by atoms with E-state index in [2.05, 4.69) is 10.00 Å². The van der Waals surface area contributed by atoms with Gasteiger partial charge in [0, 0.05) is 44.1 Å². The molecule has 0 aliphatic carbocycles. The van der Waals surface area contributed by atoms with E-state index in [0.717, 1.165) is 49.5 Å². The number of aliphatic hydroxyl groups excluding tert-OH is 1. The standard InChI is InChI=1S/C17H24N4O2/c1-20-16(4-7-19-20)15-12-13(18)2-3-17(15)23-11-10-21-8-5-14(22)6-9-21/h2-4,7,12,14,22H,5-6,8-11,18H2,1H3. The Kier molecular flexibility index (Phi) is 4.83. The predicted molar refractivity (Wildman–Crippen MR) is 90.2 cm³/mol. The van der Waals surface area contributed by atoms with E-state index in [-0.39, 0.29) is 6.10 Å².